The average Bonchev–Trinajstić information content (AvgIpc) is 2.97. The number of nitrogens with one attached hydrogen (secondary N) is 1. The predicted molar refractivity (Wildman–Crippen MR) is 96.9 cm³/mol. The highest BCUT2D eigenvalue weighted by Gasteiger charge is 2.29. The minimum absolute atomic E-state index is 0.0791. The highest BCUT2D eigenvalue weighted by Crippen LogP contribution is 2.37. The number of phenols is 1. The van der Waals surface area contributed by atoms with Crippen LogP contribution in [0.4, 0.5) is 13.2 Å². The second kappa shape index (κ2) is 7.03. The Hall–Kier alpha value is -3.29. The van der Waals surface area contributed by atoms with Crippen LogP contribution in [0.1, 0.15) is 34.5 Å². The molecule has 0 aliphatic carbocycles. The van der Waals surface area contributed by atoms with Crippen LogP contribution in [-0.4, -0.2) is 28.5 Å². The number of rotatable bonds is 3. The lowest BCUT2D eigenvalue weighted by Gasteiger charge is -2.12. The van der Waals surface area contributed by atoms with Crippen LogP contribution in [-0.2, 0) is 4.79 Å². The van der Waals surface area contributed by atoms with Crippen LogP contribution < -0.4 is 5.32 Å². The van der Waals surface area contributed by atoms with Crippen LogP contribution in [0.25, 0.3) is 10.9 Å². The number of carbonyl (C=O) groups is 2. The number of aromatic nitrogens is 1. The van der Waals surface area contributed by atoms with E-state index in [1.54, 1.807) is 0 Å². The van der Waals surface area contributed by atoms with Crippen molar-refractivity contribution in [3.63, 3.8) is 0 Å². The number of amides is 1. The molecule has 2 N–H and O–H groups in total. The molecule has 2 aromatic carbocycles. The van der Waals surface area contributed by atoms with Gasteiger partial charge in [0.05, 0.1) is 11.4 Å². The quantitative estimate of drug-likeness (QED) is 0.718. The largest absolute Gasteiger partial charge is 0.505 e. The Labute approximate surface area is 158 Å². The van der Waals surface area contributed by atoms with Crippen LogP contribution >= 0.6 is 0 Å². The molecule has 0 radical (unpaired) electrons. The van der Waals surface area contributed by atoms with Gasteiger partial charge in [0.15, 0.2) is 23.2 Å². The molecule has 1 heterocycles. The molecule has 0 saturated heterocycles. The molecule has 5 nitrogen and oxygen atoms in total. The van der Waals surface area contributed by atoms with Crippen molar-refractivity contribution in [1.82, 2.24) is 9.88 Å². The second-order valence-electron chi connectivity index (χ2n) is 6.40. The first-order chi connectivity index (χ1) is 13.2. The maximum atomic E-state index is 14.7. The average molecular weight is 390 g/mol. The highest BCUT2D eigenvalue weighted by molar-refractivity contribution is 6.05. The van der Waals surface area contributed by atoms with E-state index in [0.29, 0.717) is 0 Å². The summed E-state index contributed by atoms with van der Waals surface area (Å²) in [6.45, 7) is 3.06. The summed E-state index contributed by atoms with van der Waals surface area (Å²) in [6, 6.07) is 5.11. The van der Waals surface area contributed by atoms with Gasteiger partial charge in [-0.05, 0) is 49.7 Å². The van der Waals surface area contributed by atoms with Crippen molar-refractivity contribution in [2.45, 2.75) is 19.8 Å². The number of aromatic hydroxyl groups is 1. The fourth-order valence-corrected chi connectivity index (χ4v) is 3.38. The van der Waals surface area contributed by atoms with E-state index in [1.165, 1.54) is 27.0 Å². The molecule has 0 unspecified atom stereocenters. The van der Waals surface area contributed by atoms with Crippen molar-refractivity contribution in [3.05, 3.63) is 64.6 Å². The zero-order valence-corrected chi connectivity index (χ0v) is 15.3. The zero-order chi connectivity index (χ0) is 20.7. The van der Waals surface area contributed by atoms with Crippen molar-refractivity contribution in [2.75, 3.05) is 7.05 Å². The van der Waals surface area contributed by atoms with Crippen LogP contribution in [0.3, 0.4) is 0 Å². The van der Waals surface area contributed by atoms with Crippen molar-refractivity contribution in [1.29, 1.82) is 0 Å². The molecule has 3 aromatic rings. The molecule has 0 aliphatic rings. The summed E-state index contributed by atoms with van der Waals surface area (Å²) in [7, 11) is 1.42. The van der Waals surface area contributed by atoms with Gasteiger partial charge >= 0.3 is 0 Å². The SMILES string of the molecule is CNC(=O)[C@@H](C)c1c(C)n(C(=O)c2ccc(F)c(F)c2)c2ccc(O)c(F)c12. The van der Waals surface area contributed by atoms with Crippen molar-refractivity contribution >= 4 is 22.7 Å². The highest BCUT2D eigenvalue weighted by atomic mass is 19.2. The molecule has 28 heavy (non-hydrogen) atoms. The first-order valence-electron chi connectivity index (χ1n) is 8.42. The Balaban J connectivity index is 2.33. The topological polar surface area (TPSA) is 71.3 Å². The van der Waals surface area contributed by atoms with E-state index in [-0.39, 0.29) is 27.7 Å². The number of carbonyl (C=O) groups excluding carboxylic acids is 2. The Morgan fingerprint density at radius 1 is 1.11 bits per heavy atom. The summed E-state index contributed by atoms with van der Waals surface area (Å²) < 4.78 is 42.7. The van der Waals surface area contributed by atoms with Gasteiger partial charge in [0.2, 0.25) is 5.91 Å². The van der Waals surface area contributed by atoms with Crippen molar-refractivity contribution in [3.8, 4) is 5.75 Å². The molecule has 8 heteroatoms. The molecule has 1 amide bonds. The number of hydrogen-bond donors (Lipinski definition) is 2. The lowest BCUT2D eigenvalue weighted by molar-refractivity contribution is -0.121. The van der Waals surface area contributed by atoms with E-state index in [1.807, 2.05) is 0 Å². The fraction of sp³-hybridized carbons (Fsp3) is 0.200. The summed E-state index contributed by atoms with van der Waals surface area (Å²) in [5.41, 5.74) is 0.434. The maximum absolute atomic E-state index is 14.7. The summed E-state index contributed by atoms with van der Waals surface area (Å²) >= 11 is 0. The maximum Gasteiger partial charge on any atom is 0.262 e. The first kappa shape index (κ1) is 19.5. The van der Waals surface area contributed by atoms with Gasteiger partial charge in [-0.3, -0.25) is 14.2 Å². The van der Waals surface area contributed by atoms with E-state index in [0.717, 1.165) is 28.8 Å². The predicted octanol–water partition coefficient (Wildman–Crippen LogP) is 3.61. The summed E-state index contributed by atoms with van der Waals surface area (Å²) in [4.78, 5) is 25.2. The van der Waals surface area contributed by atoms with Gasteiger partial charge in [0.1, 0.15) is 0 Å². The standard InChI is InChI=1S/C20H17F3N2O3/c1-9(19(27)24-3)16-10(2)25(14-6-7-15(26)18(23)17(14)16)20(28)11-4-5-12(21)13(22)8-11/h4-9,26H,1-3H3,(H,24,27)/t9-/m0/s1. The van der Waals surface area contributed by atoms with E-state index in [4.69, 9.17) is 0 Å². The minimum atomic E-state index is -1.19. The molecule has 0 aliphatic heterocycles. The van der Waals surface area contributed by atoms with Crippen LogP contribution in [0.2, 0.25) is 0 Å². The molecule has 3 rings (SSSR count). The number of phenolic OH excluding ortho intramolecular Hbond substituents is 1. The number of benzene rings is 2. The lowest BCUT2D eigenvalue weighted by Crippen LogP contribution is -2.24. The number of nitrogens with zero attached hydrogens (tertiary/aromatic N) is 1. The van der Waals surface area contributed by atoms with Gasteiger partial charge in [-0.25, -0.2) is 13.2 Å². The Bertz CT molecular complexity index is 1120. The smallest absolute Gasteiger partial charge is 0.262 e. The molecule has 1 atom stereocenters. The fourth-order valence-electron chi connectivity index (χ4n) is 3.38. The van der Waals surface area contributed by atoms with Crippen molar-refractivity contribution < 1.29 is 27.9 Å². The number of likely N-dealkylation sites (N-methyl/N-ethyl adjacent to an activating group) is 1. The Morgan fingerprint density at radius 3 is 2.39 bits per heavy atom. The molecule has 0 saturated carbocycles. The second-order valence-corrected chi connectivity index (χ2v) is 6.40. The molecule has 0 spiro atoms. The summed E-state index contributed by atoms with van der Waals surface area (Å²) in [6.07, 6.45) is 0. The molecular formula is C20H17F3N2O3. The third kappa shape index (κ3) is 2.90. The van der Waals surface area contributed by atoms with Gasteiger partial charge in [0.25, 0.3) is 5.91 Å². The van der Waals surface area contributed by atoms with Gasteiger partial charge in [0, 0.05) is 23.7 Å². The van der Waals surface area contributed by atoms with Crippen LogP contribution in [0.15, 0.2) is 30.3 Å². The van der Waals surface area contributed by atoms with Gasteiger partial charge in [-0.2, -0.15) is 0 Å². The van der Waals surface area contributed by atoms with Crippen LogP contribution in [0.5, 0.6) is 5.75 Å². The third-order valence-corrected chi connectivity index (χ3v) is 4.78. The van der Waals surface area contributed by atoms with E-state index in [2.05, 4.69) is 5.32 Å². The zero-order valence-electron chi connectivity index (χ0n) is 15.3. The molecule has 0 bridgehead atoms. The first-order valence-corrected chi connectivity index (χ1v) is 8.42. The van der Waals surface area contributed by atoms with E-state index < -0.39 is 40.9 Å². The summed E-state index contributed by atoms with van der Waals surface area (Å²) in [5, 5.41) is 12.2. The number of halogens is 3. The Kier molecular flexibility index (Phi) is 4.89. The molecule has 0 fully saturated rings. The minimum Gasteiger partial charge on any atom is -0.505 e. The Morgan fingerprint density at radius 2 is 1.79 bits per heavy atom. The van der Waals surface area contributed by atoms with Gasteiger partial charge in [-0.1, -0.05) is 0 Å². The molecule has 1 aromatic heterocycles. The van der Waals surface area contributed by atoms with Crippen LogP contribution in [0, 0.1) is 24.4 Å². The molecular weight excluding hydrogens is 373 g/mol. The number of hydrogen-bond acceptors (Lipinski definition) is 3. The third-order valence-electron chi connectivity index (χ3n) is 4.78. The van der Waals surface area contributed by atoms with E-state index >= 15 is 0 Å². The van der Waals surface area contributed by atoms with E-state index in [9.17, 15) is 27.9 Å². The lowest BCUT2D eigenvalue weighted by atomic mass is 9.96. The summed E-state index contributed by atoms with van der Waals surface area (Å²) in [5.74, 6) is -5.86. The van der Waals surface area contributed by atoms with Gasteiger partial charge in [-0.15, -0.1) is 0 Å². The monoisotopic (exact) mass is 390 g/mol. The normalized spacial score (nSPS) is 12.2. The molecule has 146 valence electrons. The van der Waals surface area contributed by atoms with Gasteiger partial charge < -0.3 is 10.4 Å². The number of fused-ring (bicyclic) bond motifs is 1. The van der Waals surface area contributed by atoms with Crippen molar-refractivity contribution in [2.24, 2.45) is 0 Å².